The van der Waals surface area contributed by atoms with Crippen LogP contribution < -0.4 is 15.8 Å². The van der Waals surface area contributed by atoms with Crippen LogP contribution in [0, 0.1) is 5.92 Å². The molecule has 1 aliphatic carbocycles. The molecule has 1 aromatic carbocycles. The minimum absolute atomic E-state index is 0.0414. The molecule has 1 amide bonds. The molecule has 0 spiro atoms. The number of benzene rings is 1. The fraction of sp³-hybridized carbons (Fsp3) is 0.588. The lowest BCUT2D eigenvalue weighted by molar-refractivity contribution is -0.119. The van der Waals surface area contributed by atoms with Crippen molar-refractivity contribution in [2.75, 3.05) is 32.6 Å². The molecule has 0 aromatic heterocycles. The summed E-state index contributed by atoms with van der Waals surface area (Å²) in [5, 5.41) is 2.97. The summed E-state index contributed by atoms with van der Waals surface area (Å²) in [7, 11) is 4.09. The van der Waals surface area contributed by atoms with E-state index in [4.69, 9.17) is 10.5 Å². The van der Waals surface area contributed by atoms with Gasteiger partial charge in [-0.25, -0.2) is 0 Å². The summed E-state index contributed by atoms with van der Waals surface area (Å²) >= 11 is 0. The van der Waals surface area contributed by atoms with Crippen molar-refractivity contribution in [2.24, 2.45) is 11.7 Å². The molecule has 22 heavy (non-hydrogen) atoms. The lowest BCUT2D eigenvalue weighted by atomic mass is 10.1. The summed E-state index contributed by atoms with van der Waals surface area (Å²) in [5.41, 5.74) is 6.65. The normalized spacial score (nSPS) is 21.1. The smallest absolute Gasteiger partial charge is 0.227 e. The van der Waals surface area contributed by atoms with E-state index in [0.29, 0.717) is 6.61 Å². The Morgan fingerprint density at radius 3 is 2.91 bits per heavy atom. The number of hydrogen-bond donors (Lipinski definition) is 2. The average Bonchev–Trinajstić information content (AvgIpc) is 2.91. The summed E-state index contributed by atoms with van der Waals surface area (Å²) in [6, 6.07) is 7.75. The third-order valence-electron chi connectivity index (χ3n) is 3.96. The van der Waals surface area contributed by atoms with Crippen LogP contribution in [0.5, 0.6) is 5.75 Å². The van der Waals surface area contributed by atoms with Gasteiger partial charge in [0.05, 0.1) is 6.61 Å². The lowest BCUT2D eigenvalue weighted by Gasteiger charge is -2.13. The predicted octanol–water partition coefficient (Wildman–Crippen LogP) is 2.08. The van der Waals surface area contributed by atoms with E-state index < -0.39 is 0 Å². The quantitative estimate of drug-likeness (QED) is 0.757. The minimum atomic E-state index is 0.0414. The van der Waals surface area contributed by atoms with Crippen molar-refractivity contribution in [1.29, 1.82) is 0 Å². The highest BCUT2D eigenvalue weighted by molar-refractivity contribution is 5.92. The van der Waals surface area contributed by atoms with Gasteiger partial charge in [-0.1, -0.05) is 6.07 Å². The second-order valence-electron chi connectivity index (χ2n) is 6.29. The highest BCUT2D eigenvalue weighted by Gasteiger charge is 2.27. The van der Waals surface area contributed by atoms with Crippen molar-refractivity contribution in [1.82, 2.24) is 4.90 Å². The van der Waals surface area contributed by atoms with Gasteiger partial charge in [0.2, 0.25) is 5.91 Å². The zero-order chi connectivity index (χ0) is 15.9. The second kappa shape index (κ2) is 8.15. The van der Waals surface area contributed by atoms with Crippen LogP contribution in [0.1, 0.15) is 25.7 Å². The van der Waals surface area contributed by atoms with E-state index >= 15 is 0 Å². The summed E-state index contributed by atoms with van der Waals surface area (Å²) in [4.78, 5) is 14.3. The van der Waals surface area contributed by atoms with E-state index in [9.17, 15) is 4.79 Å². The minimum Gasteiger partial charge on any atom is -0.493 e. The van der Waals surface area contributed by atoms with Gasteiger partial charge in [0.1, 0.15) is 5.75 Å². The number of hydrogen-bond acceptors (Lipinski definition) is 4. The van der Waals surface area contributed by atoms with Crippen LogP contribution in [0.4, 0.5) is 5.69 Å². The maximum atomic E-state index is 12.2. The van der Waals surface area contributed by atoms with E-state index in [0.717, 1.165) is 43.7 Å². The van der Waals surface area contributed by atoms with Crippen molar-refractivity contribution in [3.63, 3.8) is 0 Å². The summed E-state index contributed by atoms with van der Waals surface area (Å²) in [6.45, 7) is 1.67. The van der Waals surface area contributed by atoms with Crippen molar-refractivity contribution >= 4 is 11.6 Å². The number of rotatable bonds is 7. The van der Waals surface area contributed by atoms with Crippen LogP contribution in [0.3, 0.4) is 0 Å². The molecule has 5 nitrogen and oxygen atoms in total. The largest absolute Gasteiger partial charge is 0.493 e. The molecule has 0 saturated heterocycles. The van der Waals surface area contributed by atoms with Gasteiger partial charge < -0.3 is 20.7 Å². The van der Waals surface area contributed by atoms with Crippen LogP contribution in [-0.2, 0) is 4.79 Å². The summed E-state index contributed by atoms with van der Waals surface area (Å²) in [5.74, 6) is 0.900. The fourth-order valence-corrected chi connectivity index (χ4v) is 2.73. The van der Waals surface area contributed by atoms with Gasteiger partial charge in [0.25, 0.3) is 0 Å². The molecule has 2 unspecified atom stereocenters. The molecule has 0 radical (unpaired) electrons. The summed E-state index contributed by atoms with van der Waals surface area (Å²) in [6.07, 6.45) is 3.58. The molecular formula is C17H27N3O2. The topological polar surface area (TPSA) is 67.6 Å². The first-order chi connectivity index (χ1) is 10.5. The van der Waals surface area contributed by atoms with E-state index in [-0.39, 0.29) is 17.9 Å². The molecule has 0 bridgehead atoms. The van der Waals surface area contributed by atoms with Gasteiger partial charge in [-0.3, -0.25) is 4.79 Å². The molecule has 1 fully saturated rings. The second-order valence-corrected chi connectivity index (χ2v) is 6.29. The number of nitrogens with two attached hydrogens (primary N) is 1. The molecule has 0 aliphatic heterocycles. The standard InChI is InChI=1S/C17H27N3O2/c1-20(2)9-4-10-22-16-6-3-5-15(12-16)19-17(21)13-7-8-14(18)11-13/h3,5-6,12-14H,4,7-11,18H2,1-2H3,(H,19,21). The predicted molar refractivity (Wildman–Crippen MR) is 89.1 cm³/mol. The Labute approximate surface area is 132 Å². The molecular weight excluding hydrogens is 278 g/mol. The van der Waals surface area contributed by atoms with E-state index in [1.165, 1.54) is 0 Å². The monoisotopic (exact) mass is 305 g/mol. The van der Waals surface area contributed by atoms with Crippen LogP contribution in [0.15, 0.2) is 24.3 Å². The Balaban J connectivity index is 1.81. The molecule has 2 atom stereocenters. The number of nitrogens with one attached hydrogen (secondary N) is 1. The first-order valence-electron chi connectivity index (χ1n) is 7.98. The van der Waals surface area contributed by atoms with Gasteiger partial charge in [-0.2, -0.15) is 0 Å². The Hall–Kier alpha value is -1.59. The lowest BCUT2D eigenvalue weighted by Crippen LogP contribution is -2.23. The van der Waals surface area contributed by atoms with Gasteiger partial charge in [0.15, 0.2) is 0 Å². The van der Waals surface area contributed by atoms with Gasteiger partial charge >= 0.3 is 0 Å². The van der Waals surface area contributed by atoms with Gasteiger partial charge in [-0.15, -0.1) is 0 Å². The fourth-order valence-electron chi connectivity index (χ4n) is 2.73. The molecule has 1 aromatic rings. The third kappa shape index (κ3) is 5.31. The van der Waals surface area contributed by atoms with Crippen LogP contribution in [0.25, 0.3) is 0 Å². The number of anilines is 1. The molecule has 1 saturated carbocycles. The van der Waals surface area contributed by atoms with Gasteiger partial charge in [0, 0.05) is 30.3 Å². The Bertz CT molecular complexity index is 491. The van der Waals surface area contributed by atoms with Crippen molar-refractivity contribution < 1.29 is 9.53 Å². The van der Waals surface area contributed by atoms with Crippen molar-refractivity contribution in [3.05, 3.63) is 24.3 Å². The maximum absolute atomic E-state index is 12.2. The highest BCUT2D eigenvalue weighted by atomic mass is 16.5. The molecule has 0 heterocycles. The van der Waals surface area contributed by atoms with E-state index in [1.807, 2.05) is 38.4 Å². The van der Waals surface area contributed by atoms with E-state index in [2.05, 4.69) is 10.2 Å². The molecule has 1 aliphatic rings. The van der Waals surface area contributed by atoms with Crippen LogP contribution >= 0.6 is 0 Å². The number of ether oxygens (including phenoxy) is 1. The number of carbonyl (C=O) groups excluding carboxylic acids is 1. The third-order valence-corrected chi connectivity index (χ3v) is 3.96. The number of amides is 1. The SMILES string of the molecule is CN(C)CCCOc1cccc(NC(=O)C2CCC(N)C2)c1. The molecule has 2 rings (SSSR count). The zero-order valence-corrected chi connectivity index (χ0v) is 13.5. The van der Waals surface area contributed by atoms with Gasteiger partial charge in [-0.05, 0) is 51.9 Å². The zero-order valence-electron chi connectivity index (χ0n) is 13.5. The first-order valence-corrected chi connectivity index (χ1v) is 7.98. The van der Waals surface area contributed by atoms with Crippen LogP contribution in [-0.4, -0.2) is 44.1 Å². The average molecular weight is 305 g/mol. The molecule has 5 heteroatoms. The van der Waals surface area contributed by atoms with Crippen molar-refractivity contribution in [2.45, 2.75) is 31.7 Å². The van der Waals surface area contributed by atoms with Crippen LogP contribution in [0.2, 0.25) is 0 Å². The van der Waals surface area contributed by atoms with Crippen molar-refractivity contribution in [3.8, 4) is 5.75 Å². The first kappa shape index (κ1) is 16.8. The Morgan fingerprint density at radius 1 is 1.41 bits per heavy atom. The molecule has 3 N–H and O–H groups in total. The molecule has 122 valence electrons. The highest BCUT2D eigenvalue weighted by Crippen LogP contribution is 2.26. The maximum Gasteiger partial charge on any atom is 0.227 e. The number of nitrogens with zero attached hydrogens (tertiary/aromatic N) is 1. The Morgan fingerprint density at radius 2 is 2.23 bits per heavy atom. The Kier molecular flexibility index (Phi) is 6.21. The van der Waals surface area contributed by atoms with E-state index in [1.54, 1.807) is 0 Å². The summed E-state index contributed by atoms with van der Waals surface area (Å²) < 4.78 is 5.72. The number of carbonyl (C=O) groups is 1.